The summed E-state index contributed by atoms with van der Waals surface area (Å²) in [5, 5.41) is 9.08. The molecule has 0 aromatic heterocycles. The summed E-state index contributed by atoms with van der Waals surface area (Å²) in [6.45, 7) is 7.70. The summed E-state index contributed by atoms with van der Waals surface area (Å²) in [6, 6.07) is 8.11. The Hall–Kier alpha value is -1.65. The molecule has 1 saturated heterocycles. The highest BCUT2D eigenvalue weighted by atomic mass is 16.7. The first-order valence-corrected chi connectivity index (χ1v) is 7.64. The number of carboxylic acid groups (broad SMARTS) is 1. The maximum atomic E-state index is 11.1. The van der Waals surface area contributed by atoms with Gasteiger partial charge in [0, 0.05) is 12.5 Å². The van der Waals surface area contributed by atoms with Gasteiger partial charge in [-0.15, -0.1) is 0 Å². The van der Waals surface area contributed by atoms with Crippen molar-refractivity contribution >= 4 is 11.5 Å². The Labute approximate surface area is 131 Å². The van der Waals surface area contributed by atoms with Gasteiger partial charge in [0.2, 0.25) is 0 Å². The van der Waals surface area contributed by atoms with Crippen molar-refractivity contribution in [2.75, 3.05) is 13.2 Å². The Kier molecular flexibility index (Phi) is 5.37. The zero-order chi connectivity index (χ0) is 16.2. The van der Waals surface area contributed by atoms with Crippen LogP contribution in [-0.2, 0) is 19.7 Å². The van der Waals surface area contributed by atoms with E-state index in [1.165, 1.54) is 11.6 Å². The van der Waals surface area contributed by atoms with Gasteiger partial charge in [0.15, 0.2) is 6.29 Å². The quantitative estimate of drug-likeness (QED) is 0.844. The van der Waals surface area contributed by atoms with Crippen molar-refractivity contribution in [1.29, 1.82) is 0 Å². The number of carboxylic acids is 1. The molecule has 1 heterocycles. The third-order valence-corrected chi connectivity index (χ3v) is 3.76. The molecule has 120 valence electrons. The second-order valence-electron chi connectivity index (χ2n) is 6.54. The van der Waals surface area contributed by atoms with Gasteiger partial charge in [0.25, 0.3) is 0 Å². The van der Waals surface area contributed by atoms with E-state index in [0.717, 1.165) is 11.1 Å². The van der Waals surface area contributed by atoms with Gasteiger partial charge < -0.3 is 14.6 Å². The van der Waals surface area contributed by atoms with E-state index >= 15 is 0 Å². The van der Waals surface area contributed by atoms with Gasteiger partial charge in [-0.25, -0.2) is 4.79 Å². The minimum atomic E-state index is -0.928. The highest BCUT2D eigenvalue weighted by Crippen LogP contribution is 2.27. The van der Waals surface area contributed by atoms with E-state index in [4.69, 9.17) is 14.6 Å². The van der Waals surface area contributed by atoms with Crippen LogP contribution in [-0.4, -0.2) is 30.6 Å². The second kappa shape index (κ2) is 7.07. The van der Waals surface area contributed by atoms with Crippen LogP contribution in [0, 0.1) is 0 Å². The summed E-state index contributed by atoms with van der Waals surface area (Å²) < 4.78 is 10.8. The van der Waals surface area contributed by atoms with Crippen molar-refractivity contribution in [2.45, 2.75) is 45.3 Å². The summed E-state index contributed by atoms with van der Waals surface area (Å²) in [5.74, 6) is -0.928. The Morgan fingerprint density at radius 3 is 2.32 bits per heavy atom. The number of carbonyl (C=O) groups is 1. The maximum absolute atomic E-state index is 11.1. The molecule has 0 unspecified atom stereocenters. The van der Waals surface area contributed by atoms with E-state index in [0.29, 0.717) is 26.1 Å². The van der Waals surface area contributed by atoms with Crippen molar-refractivity contribution in [3.63, 3.8) is 0 Å². The minimum absolute atomic E-state index is 0.0841. The molecule has 0 amide bonds. The number of benzene rings is 1. The zero-order valence-electron chi connectivity index (χ0n) is 13.5. The minimum Gasteiger partial charge on any atom is -0.478 e. The van der Waals surface area contributed by atoms with Crippen LogP contribution in [0.3, 0.4) is 0 Å². The number of allylic oxidation sites excluding steroid dienone is 1. The van der Waals surface area contributed by atoms with E-state index in [-0.39, 0.29) is 11.7 Å². The van der Waals surface area contributed by atoms with E-state index in [1.54, 1.807) is 0 Å². The van der Waals surface area contributed by atoms with Gasteiger partial charge in [-0.3, -0.25) is 0 Å². The lowest BCUT2D eigenvalue weighted by Gasteiger charge is -2.19. The first-order valence-electron chi connectivity index (χ1n) is 7.64. The molecule has 0 atom stereocenters. The van der Waals surface area contributed by atoms with Crippen LogP contribution in [0.2, 0.25) is 0 Å². The Balaban J connectivity index is 2.12. The lowest BCUT2D eigenvalue weighted by atomic mass is 9.86. The average molecular weight is 304 g/mol. The van der Waals surface area contributed by atoms with Crippen LogP contribution >= 0.6 is 0 Å². The van der Waals surface area contributed by atoms with Crippen molar-refractivity contribution in [3.8, 4) is 0 Å². The molecule has 1 N–H and O–H groups in total. The van der Waals surface area contributed by atoms with E-state index in [1.807, 2.05) is 12.1 Å². The fourth-order valence-electron chi connectivity index (χ4n) is 2.48. The van der Waals surface area contributed by atoms with Gasteiger partial charge in [-0.2, -0.15) is 0 Å². The molecule has 0 radical (unpaired) electrons. The molecule has 0 aliphatic carbocycles. The molecule has 0 saturated carbocycles. The Bertz CT molecular complexity index is 531. The lowest BCUT2D eigenvalue weighted by molar-refractivity contribution is -0.131. The first kappa shape index (κ1) is 16.7. The normalized spacial score (nSPS) is 17.0. The average Bonchev–Trinajstić information content (AvgIpc) is 2.95. The Morgan fingerprint density at radius 2 is 1.82 bits per heavy atom. The molecular formula is C18H24O4. The van der Waals surface area contributed by atoms with Crippen LogP contribution in [0.25, 0.3) is 5.57 Å². The van der Waals surface area contributed by atoms with Crippen LogP contribution < -0.4 is 0 Å². The highest BCUT2D eigenvalue weighted by molar-refractivity contribution is 5.90. The Morgan fingerprint density at radius 1 is 1.23 bits per heavy atom. The number of aliphatic carboxylic acids is 1. The molecule has 0 bridgehead atoms. The fraction of sp³-hybridized carbons (Fsp3) is 0.500. The highest BCUT2D eigenvalue weighted by Gasteiger charge is 2.18. The lowest BCUT2D eigenvalue weighted by Crippen LogP contribution is -2.11. The van der Waals surface area contributed by atoms with Gasteiger partial charge in [0.1, 0.15) is 0 Å². The van der Waals surface area contributed by atoms with E-state index < -0.39 is 5.97 Å². The number of ether oxygens (including phenoxy) is 2. The van der Waals surface area contributed by atoms with E-state index in [2.05, 4.69) is 32.9 Å². The number of rotatable bonds is 5. The molecule has 1 aliphatic rings. The van der Waals surface area contributed by atoms with Gasteiger partial charge >= 0.3 is 5.97 Å². The molecule has 1 aromatic carbocycles. The molecule has 1 aromatic rings. The van der Waals surface area contributed by atoms with Crippen molar-refractivity contribution in [3.05, 3.63) is 41.5 Å². The van der Waals surface area contributed by atoms with Crippen LogP contribution in [0.15, 0.2) is 30.3 Å². The molecule has 2 rings (SSSR count). The monoisotopic (exact) mass is 304 g/mol. The standard InChI is InChI=1S/C18H24O4/c1-18(2,3)15-7-4-13(5-8-15)14(12-16(19)20)6-9-17-21-10-11-22-17/h4-5,7-8,12,17H,6,9-11H2,1-3H3,(H,19,20)/b14-12+. The fourth-order valence-corrected chi connectivity index (χ4v) is 2.48. The molecule has 0 spiro atoms. The smallest absolute Gasteiger partial charge is 0.328 e. The summed E-state index contributed by atoms with van der Waals surface area (Å²) in [6.07, 6.45) is 2.35. The van der Waals surface area contributed by atoms with Crippen molar-refractivity contribution in [2.24, 2.45) is 0 Å². The van der Waals surface area contributed by atoms with E-state index in [9.17, 15) is 4.79 Å². The molecule has 1 fully saturated rings. The van der Waals surface area contributed by atoms with Gasteiger partial charge in [0.05, 0.1) is 13.2 Å². The molecule has 4 nitrogen and oxygen atoms in total. The number of hydrogen-bond donors (Lipinski definition) is 1. The predicted molar refractivity (Wildman–Crippen MR) is 85.7 cm³/mol. The third kappa shape index (κ3) is 4.68. The van der Waals surface area contributed by atoms with Crippen molar-refractivity contribution < 1.29 is 19.4 Å². The maximum Gasteiger partial charge on any atom is 0.328 e. The summed E-state index contributed by atoms with van der Waals surface area (Å²) >= 11 is 0. The largest absolute Gasteiger partial charge is 0.478 e. The summed E-state index contributed by atoms with van der Waals surface area (Å²) in [5.41, 5.74) is 3.05. The molecule has 4 heteroatoms. The molecule has 22 heavy (non-hydrogen) atoms. The molecular weight excluding hydrogens is 280 g/mol. The van der Waals surface area contributed by atoms with Gasteiger partial charge in [-0.1, -0.05) is 45.0 Å². The first-order chi connectivity index (χ1) is 10.4. The summed E-state index contributed by atoms with van der Waals surface area (Å²) in [7, 11) is 0. The van der Waals surface area contributed by atoms with Gasteiger partial charge in [-0.05, 0) is 28.5 Å². The zero-order valence-corrected chi connectivity index (χ0v) is 13.5. The predicted octanol–water partition coefficient (Wildman–Crippen LogP) is 3.61. The molecule has 1 aliphatic heterocycles. The topological polar surface area (TPSA) is 55.8 Å². The second-order valence-corrected chi connectivity index (χ2v) is 6.54. The number of hydrogen-bond acceptors (Lipinski definition) is 3. The van der Waals surface area contributed by atoms with Crippen LogP contribution in [0.5, 0.6) is 0 Å². The third-order valence-electron chi connectivity index (χ3n) is 3.76. The van der Waals surface area contributed by atoms with Crippen molar-refractivity contribution in [1.82, 2.24) is 0 Å². The van der Waals surface area contributed by atoms with Crippen LogP contribution in [0.1, 0.15) is 44.7 Å². The SMILES string of the molecule is CC(C)(C)c1ccc(/C(=C/C(=O)O)CCC2OCCO2)cc1. The summed E-state index contributed by atoms with van der Waals surface area (Å²) in [4.78, 5) is 11.1. The van der Waals surface area contributed by atoms with Crippen LogP contribution in [0.4, 0.5) is 0 Å².